The number of imidazole rings is 1. The number of hydrogen-bond acceptors (Lipinski definition) is 9. The highest BCUT2D eigenvalue weighted by Gasteiger charge is 2.45. The minimum atomic E-state index is -1.17. The van der Waals surface area contributed by atoms with E-state index >= 15 is 0 Å². The van der Waals surface area contributed by atoms with Crippen LogP contribution in [0.25, 0.3) is 22.6 Å². The zero-order chi connectivity index (χ0) is 26.6. The van der Waals surface area contributed by atoms with E-state index in [4.69, 9.17) is 19.4 Å². The summed E-state index contributed by atoms with van der Waals surface area (Å²) < 4.78 is 15.3. The second kappa shape index (κ2) is 9.73. The quantitative estimate of drug-likeness (QED) is 0.351. The van der Waals surface area contributed by atoms with E-state index in [1.165, 1.54) is 0 Å². The molecule has 0 bridgehead atoms. The van der Waals surface area contributed by atoms with Crippen LogP contribution in [0.2, 0.25) is 0 Å². The highest BCUT2D eigenvalue weighted by molar-refractivity contribution is 5.85. The Morgan fingerprint density at radius 3 is 2.50 bits per heavy atom. The van der Waals surface area contributed by atoms with Crippen molar-refractivity contribution in [1.29, 1.82) is 0 Å². The summed E-state index contributed by atoms with van der Waals surface area (Å²) in [4.78, 5) is 14.3. The van der Waals surface area contributed by atoms with E-state index in [9.17, 15) is 10.2 Å². The van der Waals surface area contributed by atoms with Crippen molar-refractivity contribution in [2.45, 2.75) is 71.2 Å². The number of rotatable bonds is 6. The first-order chi connectivity index (χ1) is 18.3. The number of anilines is 1. The maximum Gasteiger partial charge on any atom is 0.168 e. The molecule has 200 valence electrons. The second-order valence-electron chi connectivity index (χ2n) is 10.5. The van der Waals surface area contributed by atoms with Crippen LogP contribution in [0.3, 0.4) is 0 Å². The summed E-state index contributed by atoms with van der Waals surface area (Å²) in [6.07, 6.45) is -1.34. The van der Waals surface area contributed by atoms with Gasteiger partial charge in [-0.1, -0.05) is 17.2 Å². The maximum absolute atomic E-state index is 11.0. The molecule has 38 heavy (non-hydrogen) atoms. The number of benzene rings is 1. The molecule has 0 aliphatic carbocycles. The Morgan fingerprint density at radius 1 is 1.03 bits per heavy atom. The van der Waals surface area contributed by atoms with Crippen molar-refractivity contribution in [3.05, 3.63) is 53.1 Å². The molecule has 11 nitrogen and oxygen atoms in total. The smallest absolute Gasteiger partial charge is 0.168 e. The minimum Gasteiger partial charge on any atom is -0.387 e. The minimum absolute atomic E-state index is 0.116. The van der Waals surface area contributed by atoms with Crippen LogP contribution >= 0.6 is 0 Å². The highest BCUT2D eigenvalue weighted by atomic mass is 16.6. The van der Waals surface area contributed by atoms with Crippen molar-refractivity contribution in [1.82, 2.24) is 29.3 Å². The molecule has 3 aromatic heterocycles. The predicted molar refractivity (Wildman–Crippen MR) is 141 cm³/mol. The van der Waals surface area contributed by atoms with E-state index in [-0.39, 0.29) is 6.04 Å². The van der Waals surface area contributed by atoms with Gasteiger partial charge in [0, 0.05) is 17.9 Å². The molecule has 2 aliphatic rings. The fourth-order valence-electron chi connectivity index (χ4n) is 5.42. The summed E-state index contributed by atoms with van der Waals surface area (Å²) in [7, 11) is 0. The number of aliphatic hydroxyl groups is 2. The molecule has 3 N–H and O–H groups in total. The van der Waals surface area contributed by atoms with Gasteiger partial charge in [-0.05, 0) is 52.3 Å². The number of nitrogens with zero attached hydrogens (tertiary/aromatic N) is 6. The lowest BCUT2D eigenvalue weighted by Crippen LogP contribution is -2.34. The van der Waals surface area contributed by atoms with Crippen molar-refractivity contribution in [3.63, 3.8) is 0 Å². The van der Waals surface area contributed by atoms with Crippen LogP contribution in [0.1, 0.15) is 35.2 Å². The van der Waals surface area contributed by atoms with E-state index in [1.807, 2.05) is 45.9 Å². The lowest BCUT2D eigenvalue weighted by atomic mass is 10.1. The van der Waals surface area contributed by atoms with E-state index in [2.05, 4.69) is 21.5 Å². The van der Waals surface area contributed by atoms with Crippen LogP contribution in [-0.2, 0) is 16.0 Å². The molecule has 4 aromatic rings. The number of hydrogen-bond donors (Lipinski definition) is 3. The van der Waals surface area contributed by atoms with Crippen molar-refractivity contribution in [3.8, 4) is 11.4 Å². The standard InChI is InChI=1S/C27H33N7O4/c1-14-7-15(2)9-18(8-14)24-30-25(29-19-5-6-37-12-19)21-26(31-24)33(13-28-21)27-23(36)22(35)20(38-27)11-34-17(4)10-16(3)32-34/h7-10,13,19-20,22-23,27,35-36H,5-6,11-12H2,1-4H3,(H,29,30,31)/t19-,20-,22-,23-,27-/m1/s1. The Bertz CT molecular complexity index is 1460. The average Bonchev–Trinajstić information content (AvgIpc) is 3.64. The van der Waals surface area contributed by atoms with Gasteiger partial charge in [0.25, 0.3) is 0 Å². The lowest BCUT2D eigenvalue weighted by Gasteiger charge is -2.18. The Morgan fingerprint density at radius 2 is 1.82 bits per heavy atom. The van der Waals surface area contributed by atoms with Gasteiger partial charge in [0.2, 0.25) is 0 Å². The van der Waals surface area contributed by atoms with Crippen LogP contribution in [0.15, 0.2) is 30.6 Å². The summed E-state index contributed by atoms with van der Waals surface area (Å²) in [6.45, 7) is 9.56. The van der Waals surface area contributed by atoms with Gasteiger partial charge in [0.15, 0.2) is 29.0 Å². The second-order valence-corrected chi connectivity index (χ2v) is 10.5. The SMILES string of the molecule is Cc1cc(C)cc(-c2nc(N[C@@H]3CCOC3)c3ncn([C@@H]4O[C@H](Cn5nc(C)cc5C)[C@@H](O)[C@H]4O)c3n2)c1. The Hall–Kier alpha value is -3.38. The van der Waals surface area contributed by atoms with Crippen molar-refractivity contribution < 1.29 is 19.7 Å². The fourth-order valence-corrected chi connectivity index (χ4v) is 5.42. The molecule has 11 heteroatoms. The largest absolute Gasteiger partial charge is 0.387 e. The van der Waals surface area contributed by atoms with Gasteiger partial charge < -0.3 is 25.0 Å². The van der Waals surface area contributed by atoms with Gasteiger partial charge in [0.1, 0.15) is 18.3 Å². The summed E-state index contributed by atoms with van der Waals surface area (Å²) in [5.41, 5.74) is 6.04. The van der Waals surface area contributed by atoms with Crippen molar-refractivity contribution >= 4 is 17.0 Å². The van der Waals surface area contributed by atoms with Gasteiger partial charge in [0.05, 0.1) is 31.2 Å². The predicted octanol–water partition coefficient (Wildman–Crippen LogP) is 2.44. The fraction of sp³-hybridized carbons (Fsp3) is 0.481. The number of nitrogens with one attached hydrogen (secondary N) is 1. The van der Waals surface area contributed by atoms with E-state index in [1.54, 1.807) is 15.6 Å². The molecule has 5 heterocycles. The topological polar surface area (TPSA) is 132 Å². The van der Waals surface area contributed by atoms with Crippen molar-refractivity contribution in [2.75, 3.05) is 18.5 Å². The van der Waals surface area contributed by atoms with Crippen LogP contribution in [-0.4, -0.2) is 77.1 Å². The van der Waals surface area contributed by atoms with Gasteiger partial charge >= 0.3 is 0 Å². The molecule has 1 aromatic carbocycles. The van der Waals surface area contributed by atoms with Crippen LogP contribution in [0.5, 0.6) is 0 Å². The molecule has 2 saturated heterocycles. The summed E-state index contributed by atoms with van der Waals surface area (Å²) in [5.74, 6) is 1.14. The van der Waals surface area contributed by atoms with Crippen LogP contribution < -0.4 is 5.32 Å². The maximum atomic E-state index is 11.0. The molecule has 0 amide bonds. The first-order valence-electron chi connectivity index (χ1n) is 13.0. The monoisotopic (exact) mass is 519 g/mol. The Kier molecular flexibility index (Phi) is 6.39. The first kappa shape index (κ1) is 24.9. The zero-order valence-corrected chi connectivity index (χ0v) is 22.0. The summed E-state index contributed by atoms with van der Waals surface area (Å²) in [5, 5.41) is 29.9. The number of aliphatic hydroxyl groups excluding tert-OH is 2. The van der Waals surface area contributed by atoms with Crippen LogP contribution in [0, 0.1) is 27.7 Å². The molecule has 0 unspecified atom stereocenters. The zero-order valence-electron chi connectivity index (χ0n) is 22.0. The molecule has 0 saturated carbocycles. The van der Waals surface area contributed by atoms with E-state index in [0.717, 1.165) is 34.5 Å². The van der Waals surface area contributed by atoms with Gasteiger partial charge in [-0.3, -0.25) is 9.25 Å². The number of fused-ring (bicyclic) bond motifs is 1. The highest BCUT2D eigenvalue weighted by Crippen LogP contribution is 2.34. The van der Waals surface area contributed by atoms with Crippen LogP contribution in [0.4, 0.5) is 5.82 Å². The molecule has 2 aliphatic heterocycles. The molecule has 0 radical (unpaired) electrons. The lowest BCUT2D eigenvalue weighted by molar-refractivity contribution is -0.0404. The number of ether oxygens (including phenoxy) is 2. The van der Waals surface area contributed by atoms with E-state index < -0.39 is 24.5 Å². The number of aryl methyl sites for hydroxylation is 4. The molecular formula is C27H33N7O4. The molecule has 6 rings (SSSR count). The van der Waals surface area contributed by atoms with Crippen molar-refractivity contribution in [2.24, 2.45) is 0 Å². The summed E-state index contributed by atoms with van der Waals surface area (Å²) >= 11 is 0. The van der Waals surface area contributed by atoms with Gasteiger partial charge in [-0.15, -0.1) is 0 Å². The third-order valence-corrected chi connectivity index (χ3v) is 7.24. The molecule has 5 atom stereocenters. The Balaban J connectivity index is 1.39. The average molecular weight is 520 g/mol. The first-order valence-corrected chi connectivity index (χ1v) is 13.0. The van der Waals surface area contributed by atoms with E-state index in [0.29, 0.717) is 42.6 Å². The molecule has 2 fully saturated rings. The third kappa shape index (κ3) is 4.55. The normalized spacial score (nSPS) is 25.5. The van der Waals surface area contributed by atoms with Gasteiger partial charge in [-0.25, -0.2) is 15.0 Å². The van der Waals surface area contributed by atoms with Gasteiger partial charge in [-0.2, -0.15) is 5.10 Å². The molecular weight excluding hydrogens is 486 g/mol. The third-order valence-electron chi connectivity index (χ3n) is 7.24. The number of aromatic nitrogens is 6. The Labute approximate surface area is 220 Å². The summed E-state index contributed by atoms with van der Waals surface area (Å²) in [6, 6.07) is 8.28. The molecule has 0 spiro atoms.